The van der Waals surface area contributed by atoms with Gasteiger partial charge >= 0.3 is 0 Å². The van der Waals surface area contributed by atoms with Crippen molar-refractivity contribution in [3.8, 4) is 0 Å². The van der Waals surface area contributed by atoms with Gasteiger partial charge in [0.1, 0.15) is 0 Å². The summed E-state index contributed by atoms with van der Waals surface area (Å²) in [6, 6.07) is 4.09. The highest BCUT2D eigenvalue weighted by Gasteiger charge is 2.12. The molecule has 0 saturated carbocycles. The summed E-state index contributed by atoms with van der Waals surface area (Å²) in [7, 11) is 0. The van der Waals surface area contributed by atoms with Crippen molar-refractivity contribution in [3.63, 3.8) is 0 Å². The summed E-state index contributed by atoms with van der Waals surface area (Å²) in [4.78, 5) is 4.66. The molecule has 2 nitrogen and oxygen atoms in total. The molecule has 0 saturated heterocycles. The van der Waals surface area contributed by atoms with Crippen LogP contribution < -0.4 is 5.73 Å². The summed E-state index contributed by atoms with van der Waals surface area (Å²) >= 11 is 3.55. The van der Waals surface area contributed by atoms with E-state index in [1.165, 1.54) is 0 Å². The average Bonchev–Trinajstić information content (AvgIpc) is 2.24. The van der Waals surface area contributed by atoms with Gasteiger partial charge in [0, 0.05) is 21.2 Å². The first-order valence-corrected chi connectivity index (χ1v) is 6.19. The zero-order valence-electron chi connectivity index (χ0n) is 9.76. The van der Waals surface area contributed by atoms with Crippen molar-refractivity contribution in [2.24, 2.45) is 0 Å². The van der Waals surface area contributed by atoms with E-state index in [1.54, 1.807) is 0 Å². The van der Waals surface area contributed by atoms with E-state index in [0.29, 0.717) is 0 Å². The first-order valence-electron chi connectivity index (χ1n) is 5.40. The van der Waals surface area contributed by atoms with Crippen LogP contribution in [-0.4, -0.2) is 4.98 Å². The number of hydrogen-bond donors (Lipinski definition) is 1. The molecule has 0 spiro atoms. The summed E-state index contributed by atoms with van der Waals surface area (Å²) in [5.74, 6) is 0. The predicted molar refractivity (Wildman–Crippen MR) is 72.7 cm³/mol. The Bertz CT molecular complexity index is 562. The molecule has 0 atom stereocenters. The van der Waals surface area contributed by atoms with Gasteiger partial charge < -0.3 is 5.73 Å². The molecule has 1 aromatic carbocycles. The number of nitrogens with two attached hydrogens (primary N) is 1. The van der Waals surface area contributed by atoms with Gasteiger partial charge in [-0.15, -0.1) is 0 Å². The van der Waals surface area contributed by atoms with Crippen molar-refractivity contribution >= 4 is 32.5 Å². The van der Waals surface area contributed by atoms with E-state index in [1.807, 2.05) is 13.0 Å². The van der Waals surface area contributed by atoms with Crippen LogP contribution in [0.1, 0.15) is 23.7 Å². The maximum atomic E-state index is 6.23. The molecule has 84 valence electrons. The molecule has 0 fully saturated rings. The zero-order valence-corrected chi connectivity index (χ0v) is 11.4. The number of fused-ring (bicyclic) bond motifs is 1. The third kappa shape index (κ3) is 1.59. The molecular formula is C13H15BrN2. The molecular weight excluding hydrogens is 264 g/mol. The first-order chi connectivity index (χ1) is 7.56. The lowest BCUT2D eigenvalue weighted by Crippen LogP contribution is -2.01. The lowest BCUT2D eigenvalue weighted by Gasteiger charge is -2.13. The van der Waals surface area contributed by atoms with Crippen LogP contribution in [0.2, 0.25) is 0 Å². The lowest BCUT2D eigenvalue weighted by atomic mass is 10.0. The second kappa shape index (κ2) is 4.06. The number of rotatable bonds is 1. The Morgan fingerprint density at radius 1 is 1.31 bits per heavy atom. The molecule has 3 heteroatoms. The molecule has 0 bridgehead atoms. The lowest BCUT2D eigenvalue weighted by molar-refractivity contribution is 1.07. The van der Waals surface area contributed by atoms with Crippen LogP contribution in [0, 0.1) is 13.8 Å². The smallest absolute Gasteiger partial charge is 0.0766 e. The fourth-order valence-corrected chi connectivity index (χ4v) is 2.63. The second-order valence-electron chi connectivity index (χ2n) is 4.03. The fraction of sp³-hybridized carbons (Fsp3) is 0.308. The average molecular weight is 279 g/mol. The van der Waals surface area contributed by atoms with Gasteiger partial charge in [0.05, 0.1) is 5.52 Å². The fourth-order valence-electron chi connectivity index (χ4n) is 2.10. The van der Waals surface area contributed by atoms with Crippen LogP contribution >= 0.6 is 15.9 Å². The topological polar surface area (TPSA) is 38.9 Å². The molecule has 0 radical (unpaired) electrons. The number of benzene rings is 1. The first kappa shape index (κ1) is 11.4. The number of nitrogens with zero attached hydrogens (tertiary/aromatic N) is 1. The Morgan fingerprint density at radius 2 is 2.00 bits per heavy atom. The SMILES string of the molecule is CCc1c(C)nc2c(C)ccc(Br)c2c1N. The van der Waals surface area contributed by atoms with Gasteiger partial charge in [-0.05, 0) is 37.5 Å². The molecule has 1 heterocycles. The monoisotopic (exact) mass is 278 g/mol. The van der Waals surface area contributed by atoms with Crippen LogP contribution in [0.3, 0.4) is 0 Å². The van der Waals surface area contributed by atoms with Gasteiger partial charge in [-0.2, -0.15) is 0 Å². The van der Waals surface area contributed by atoms with Crippen molar-refractivity contribution in [1.29, 1.82) is 0 Å². The van der Waals surface area contributed by atoms with Crippen molar-refractivity contribution in [2.75, 3.05) is 5.73 Å². The van der Waals surface area contributed by atoms with E-state index in [0.717, 1.165) is 44.3 Å². The molecule has 0 aliphatic carbocycles. The van der Waals surface area contributed by atoms with Crippen molar-refractivity contribution < 1.29 is 0 Å². The van der Waals surface area contributed by atoms with E-state index < -0.39 is 0 Å². The van der Waals surface area contributed by atoms with Gasteiger partial charge in [-0.25, -0.2) is 0 Å². The normalized spacial score (nSPS) is 11.0. The minimum atomic E-state index is 0.862. The van der Waals surface area contributed by atoms with Crippen molar-refractivity contribution in [1.82, 2.24) is 4.98 Å². The maximum absolute atomic E-state index is 6.23. The van der Waals surface area contributed by atoms with E-state index in [-0.39, 0.29) is 0 Å². The number of halogens is 1. The Labute approximate surface area is 104 Å². The van der Waals surface area contributed by atoms with E-state index in [2.05, 4.69) is 40.8 Å². The zero-order chi connectivity index (χ0) is 11.9. The minimum absolute atomic E-state index is 0.862. The number of nitrogen functional groups attached to an aromatic ring is 1. The number of hydrogen-bond acceptors (Lipinski definition) is 2. The highest BCUT2D eigenvalue weighted by atomic mass is 79.9. The summed E-state index contributed by atoms with van der Waals surface area (Å²) in [5.41, 5.74) is 11.4. The minimum Gasteiger partial charge on any atom is -0.398 e. The van der Waals surface area contributed by atoms with Crippen LogP contribution in [0.15, 0.2) is 16.6 Å². The van der Waals surface area contributed by atoms with Crippen molar-refractivity contribution in [2.45, 2.75) is 27.2 Å². The van der Waals surface area contributed by atoms with Crippen molar-refractivity contribution in [3.05, 3.63) is 33.4 Å². The highest BCUT2D eigenvalue weighted by Crippen LogP contribution is 2.33. The van der Waals surface area contributed by atoms with E-state index in [9.17, 15) is 0 Å². The third-order valence-corrected chi connectivity index (χ3v) is 3.65. The van der Waals surface area contributed by atoms with Gasteiger partial charge in [-0.1, -0.05) is 28.9 Å². The summed E-state index contributed by atoms with van der Waals surface area (Å²) in [6.07, 6.45) is 0.918. The Balaban J connectivity index is 2.98. The molecule has 16 heavy (non-hydrogen) atoms. The maximum Gasteiger partial charge on any atom is 0.0766 e. The van der Waals surface area contributed by atoms with E-state index in [4.69, 9.17) is 5.73 Å². The molecule has 0 unspecified atom stereocenters. The predicted octanol–water partition coefficient (Wildman–Crippen LogP) is 3.76. The molecule has 0 aliphatic heterocycles. The number of pyridine rings is 1. The van der Waals surface area contributed by atoms with Gasteiger partial charge in [0.15, 0.2) is 0 Å². The van der Waals surface area contributed by atoms with Gasteiger partial charge in [0.2, 0.25) is 0 Å². The molecule has 2 rings (SSSR count). The largest absolute Gasteiger partial charge is 0.398 e. The number of aryl methyl sites for hydroxylation is 2. The second-order valence-corrected chi connectivity index (χ2v) is 4.89. The Hall–Kier alpha value is -1.09. The number of aromatic nitrogens is 1. The van der Waals surface area contributed by atoms with Crippen LogP contribution in [0.5, 0.6) is 0 Å². The summed E-state index contributed by atoms with van der Waals surface area (Å²) in [5, 5.41) is 1.04. The highest BCUT2D eigenvalue weighted by molar-refractivity contribution is 9.10. The number of anilines is 1. The van der Waals surface area contributed by atoms with Crippen LogP contribution in [0.25, 0.3) is 10.9 Å². The van der Waals surface area contributed by atoms with Gasteiger partial charge in [-0.3, -0.25) is 4.98 Å². The van der Waals surface area contributed by atoms with Crippen LogP contribution in [-0.2, 0) is 6.42 Å². The van der Waals surface area contributed by atoms with Crippen LogP contribution in [0.4, 0.5) is 5.69 Å². The molecule has 2 N–H and O–H groups in total. The Morgan fingerprint density at radius 3 is 2.62 bits per heavy atom. The standard InChI is InChI=1S/C13H15BrN2/c1-4-9-8(3)16-13-7(2)5-6-10(14)11(13)12(9)15/h5-6H,4H2,1-3H3,(H2,15,16). The van der Waals surface area contributed by atoms with E-state index >= 15 is 0 Å². The molecule has 0 aliphatic rings. The summed E-state index contributed by atoms with van der Waals surface area (Å²) < 4.78 is 1.02. The third-order valence-electron chi connectivity index (χ3n) is 2.99. The quantitative estimate of drug-likeness (QED) is 0.863. The molecule has 2 aromatic rings. The summed E-state index contributed by atoms with van der Waals surface area (Å²) in [6.45, 7) is 6.19. The molecule has 1 aromatic heterocycles. The Kier molecular flexibility index (Phi) is 2.89. The molecule has 0 amide bonds. The van der Waals surface area contributed by atoms with Gasteiger partial charge in [0.25, 0.3) is 0 Å².